The van der Waals surface area contributed by atoms with E-state index >= 15 is 0 Å². The van der Waals surface area contributed by atoms with Crippen molar-refractivity contribution in [2.24, 2.45) is 5.92 Å². The zero-order valence-electron chi connectivity index (χ0n) is 20.9. The van der Waals surface area contributed by atoms with Crippen molar-refractivity contribution in [1.82, 2.24) is 4.98 Å². The van der Waals surface area contributed by atoms with Crippen LogP contribution in [0.2, 0.25) is 5.02 Å². The molecule has 0 spiro atoms. The number of nitrogens with zero attached hydrogens (tertiary/aromatic N) is 1. The molecule has 0 amide bonds. The SMILES string of the molecule is CCCCC(CC)COC(=O)CCc1cc(-c2nc3cc(Cl)ccc3s2)c(O)c(C(C)(C)C)c1. The van der Waals surface area contributed by atoms with Gasteiger partial charge in [-0.05, 0) is 54.0 Å². The number of rotatable bonds is 10. The van der Waals surface area contributed by atoms with Gasteiger partial charge in [0.1, 0.15) is 10.8 Å². The summed E-state index contributed by atoms with van der Waals surface area (Å²) in [6.45, 7) is 11.0. The average Bonchev–Trinajstić information content (AvgIpc) is 3.20. The predicted octanol–water partition coefficient (Wildman–Crippen LogP) is 8.31. The molecule has 2 aromatic carbocycles. The minimum absolute atomic E-state index is 0.170. The Bertz CT molecular complexity index is 1130. The number of ether oxygens (including phenoxy) is 1. The van der Waals surface area contributed by atoms with E-state index in [1.807, 2.05) is 30.3 Å². The zero-order chi connectivity index (χ0) is 24.9. The Labute approximate surface area is 212 Å². The van der Waals surface area contributed by atoms with E-state index in [4.69, 9.17) is 21.3 Å². The summed E-state index contributed by atoms with van der Waals surface area (Å²) >= 11 is 7.66. The molecule has 3 rings (SSSR count). The van der Waals surface area contributed by atoms with Crippen molar-refractivity contribution in [3.05, 3.63) is 46.5 Å². The van der Waals surface area contributed by atoms with Gasteiger partial charge in [0.2, 0.25) is 0 Å². The van der Waals surface area contributed by atoms with E-state index in [-0.39, 0.29) is 17.1 Å². The number of fused-ring (bicyclic) bond motifs is 1. The van der Waals surface area contributed by atoms with E-state index in [1.165, 1.54) is 17.8 Å². The van der Waals surface area contributed by atoms with E-state index < -0.39 is 0 Å². The fourth-order valence-electron chi connectivity index (χ4n) is 4.02. The molecule has 1 N–H and O–H groups in total. The van der Waals surface area contributed by atoms with Crippen LogP contribution in [0.4, 0.5) is 0 Å². The lowest BCUT2D eigenvalue weighted by molar-refractivity contribution is -0.145. The van der Waals surface area contributed by atoms with Crippen molar-refractivity contribution in [2.75, 3.05) is 6.61 Å². The second-order valence-electron chi connectivity index (χ2n) is 10.0. The van der Waals surface area contributed by atoms with Crippen molar-refractivity contribution < 1.29 is 14.6 Å². The molecule has 0 fully saturated rings. The number of phenols is 1. The molecule has 6 heteroatoms. The molecule has 4 nitrogen and oxygen atoms in total. The first-order chi connectivity index (χ1) is 16.1. The Balaban J connectivity index is 1.81. The van der Waals surface area contributed by atoms with E-state index in [0.717, 1.165) is 45.6 Å². The maximum absolute atomic E-state index is 12.5. The number of aromatic hydroxyl groups is 1. The van der Waals surface area contributed by atoms with Crippen LogP contribution in [-0.2, 0) is 21.4 Å². The zero-order valence-corrected chi connectivity index (χ0v) is 22.5. The molecule has 0 saturated heterocycles. The lowest BCUT2D eigenvalue weighted by Gasteiger charge is -2.23. The monoisotopic (exact) mass is 501 g/mol. The Morgan fingerprint density at radius 1 is 1.21 bits per heavy atom. The maximum Gasteiger partial charge on any atom is 0.306 e. The summed E-state index contributed by atoms with van der Waals surface area (Å²) in [6, 6.07) is 9.59. The van der Waals surface area contributed by atoms with Crippen LogP contribution >= 0.6 is 22.9 Å². The number of carbonyl (C=O) groups excluding carboxylic acids is 1. The highest BCUT2D eigenvalue weighted by molar-refractivity contribution is 7.21. The van der Waals surface area contributed by atoms with Crippen LogP contribution in [0, 0.1) is 5.92 Å². The summed E-state index contributed by atoms with van der Waals surface area (Å²) in [6.07, 6.45) is 5.32. The number of halogens is 1. The first-order valence-corrected chi connectivity index (χ1v) is 13.4. The standard InChI is InChI=1S/C28H36ClNO3S/c1-6-8-9-18(7-2)17-33-25(31)13-10-19-14-21(26(32)22(15-19)28(3,4)5)27-30-23-16-20(29)11-12-24(23)34-27/h11-12,14-16,18,32H,6-10,13,17H2,1-5H3. The highest BCUT2D eigenvalue weighted by atomic mass is 35.5. The Kier molecular flexibility index (Phi) is 9.00. The van der Waals surface area contributed by atoms with Gasteiger partial charge in [-0.15, -0.1) is 11.3 Å². The molecule has 0 aliphatic carbocycles. The van der Waals surface area contributed by atoms with Gasteiger partial charge in [0.05, 0.1) is 22.4 Å². The molecule has 0 aliphatic heterocycles. The smallest absolute Gasteiger partial charge is 0.306 e. The Morgan fingerprint density at radius 3 is 2.65 bits per heavy atom. The second-order valence-corrected chi connectivity index (χ2v) is 11.5. The van der Waals surface area contributed by atoms with Gasteiger partial charge in [0.25, 0.3) is 0 Å². The average molecular weight is 502 g/mol. The number of hydrogen-bond donors (Lipinski definition) is 1. The fourth-order valence-corrected chi connectivity index (χ4v) is 5.15. The number of unbranched alkanes of at least 4 members (excludes halogenated alkanes) is 1. The summed E-state index contributed by atoms with van der Waals surface area (Å²) in [5.41, 5.74) is 3.08. The van der Waals surface area contributed by atoms with Crippen LogP contribution in [0.15, 0.2) is 30.3 Å². The largest absolute Gasteiger partial charge is 0.507 e. The van der Waals surface area contributed by atoms with Gasteiger partial charge < -0.3 is 9.84 Å². The van der Waals surface area contributed by atoms with Crippen molar-refractivity contribution >= 4 is 39.1 Å². The fraction of sp³-hybridized carbons (Fsp3) is 0.500. The topological polar surface area (TPSA) is 59.4 Å². The highest BCUT2D eigenvalue weighted by Gasteiger charge is 2.24. The van der Waals surface area contributed by atoms with E-state index in [1.54, 1.807) is 0 Å². The highest BCUT2D eigenvalue weighted by Crippen LogP contribution is 2.42. The molecule has 0 saturated carbocycles. The molecular formula is C28H36ClNO3S. The number of thiazole rings is 1. The first kappa shape index (κ1) is 26.5. The second kappa shape index (κ2) is 11.5. The number of hydrogen-bond acceptors (Lipinski definition) is 5. The van der Waals surface area contributed by atoms with Crippen LogP contribution in [0.5, 0.6) is 5.75 Å². The molecule has 1 heterocycles. The van der Waals surface area contributed by atoms with Gasteiger partial charge in [-0.1, -0.05) is 71.5 Å². The summed E-state index contributed by atoms with van der Waals surface area (Å²) < 4.78 is 6.60. The Hall–Kier alpha value is -2.11. The number of benzene rings is 2. The van der Waals surface area contributed by atoms with Crippen molar-refractivity contribution in [2.45, 2.75) is 78.6 Å². The molecule has 0 aliphatic rings. The predicted molar refractivity (Wildman–Crippen MR) is 143 cm³/mol. The molecule has 1 aromatic heterocycles. The van der Waals surface area contributed by atoms with Crippen molar-refractivity contribution in [1.29, 1.82) is 0 Å². The van der Waals surface area contributed by atoms with Crippen LogP contribution in [0.3, 0.4) is 0 Å². The maximum atomic E-state index is 12.5. The van der Waals surface area contributed by atoms with Gasteiger partial charge in [-0.25, -0.2) is 4.98 Å². The molecule has 3 aromatic rings. The molecule has 1 unspecified atom stereocenters. The molecule has 1 atom stereocenters. The minimum Gasteiger partial charge on any atom is -0.507 e. The van der Waals surface area contributed by atoms with Gasteiger partial charge >= 0.3 is 5.97 Å². The van der Waals surface area contributed by atoms with E-state index in [2.05, 4.69) is 34.6 Å². The lowest BCUT2D eigenvalue weighted by atomic mass is 9.83. The third-order valence-corrected chi connectivity index (χ3v) is 7.50. The van der Waals surface area contributed by atoms with Crippen LogP contribution < -0.4 is 0 Å². The molecular weight excluding hydrogens is 466 g/mol. The van der Waals surface area contributed by atoms with Gasteiger partial charge in [-0.2, -0.15) is 0 Å². The van der Waals surface area contributed by atoms with Crippen LogP contribution in [0.25, 0.3) is 20.8 Å². The molecule has 34 heavy (non-hydrogen) atoms. The van der Waals surface area contributed by atoms with Crippen molar-refractivity contribution in [3.63, 3.8) is 0 Å². The van der Waals surface area contributed by atoms with Crippen molar-refractivity contribution in [3.8, 4) is 16.3 Å². The normalized spacial score (nSPS) is 12.8. The summed E-state index contributed by atoms with van der Waals surface area (Å²) in [7, 11) is 0. The van der Waals surface area contributed by atoms with Gasteiger partial charge in [0, 0.05) is 17.0 Å². The summed E-state index contributed by atoms with van der Waals surface area (Å²) in [5.74, 6) is 0.506. The number of esters is 1. The number of carbonyl (C=O) groups is 1. The van der Waals surface area contributed by atoms with Crippen LogP contribution in [-0.4, -0.2) is 22.7 Å². The number of aryl methyl sites for hydroxylation is 1. The third-order valence-electron chi connectivity index (χ3n) is 6.20. The molecule has 0 radical (unpaired) electrons. The third kappa shape index (κ3) is 6.73. The van der Waals surface area contributed by atoms with Crippen LogP contribution in [0.1, 0.15) is 77.8 Å². The van der Waals surface area contributed by atoms with E-state index in [9.17, 15) is 9.90 Å². The first-order valence-electron chi connectivity index (χ1n) is 12.2. The summed E-state index contributed by atoms with van der Waals surface area (Å²) in [4.78, 5) is 17.2. The van der Waals surface area contributed by atoms with E-state index in [0.29, 0.717) is 36.0 Å². The molecule has 184 valence electrons. The van der Waals surface area contributed by atoms with Gasteiger partial charge in [0.15, 0.2) is 0 Å². The lowest BCUT2D eigenvalue weighted by Crippen LogP contribution is -2.15. The van der Waals surface area contributed by atoms with Gasteiger partial charge in [-0.3, -0.25) is 4.79 Å². The quantitative estimate of drug-likeness (QED) is 0.284. The summed E-state index contributed by atoms with van der Waals surface area (Å²) in [5, 5.41) is 12.5. The molecule has 0 bridgehead atoms. The number of aromatic nitrogens is 1. The Morgan fingerprint density at radius 2 is 1.97 bits per heavy atom. The minimum atomic E-state index is -0.261. The number of phenolic OH excluding ortho intramolecular Hbond substituents is 1.